The highest BCUT2D eigenvalue weighted by Gasteiger charge is 2.21. The number of nitrogens with two attached hydrogens (primary N) is 1. The molecule has 1 aliphatic rings. The van der Waals surface area contributed by atoms with E-state index in [0.29, 0.717) is 29.1 Å². The molecule has 0 aliphatic carbocycles. The van der Waals surface area contributed by atoms with E-state index in [1.807, 2.05) is 30.3 Å². The molecule has 0 saturated carbocycles. The number of nitrogens with zero attached hydrogens (tertiary/aromatic N) is 4. The fraction of sp³-hybridized carbons (Fsp3) is 0.296. The van der Waals surface area contributed by atoms with Crippen molar-refractivity contribution in [3.05, 3.63) is 78.4 Å². The second kappa shape index (κ2) is 11.5. The van der Waals surface area contributed by atoms with Gasteiger partial charge in [0.15, 0.2) is 5.11 Å². The Bertz CT molecular complexity index is 1350. The summed E-state index contributed by atoms with van der Waals surface area (Å²) in [6.45, 7) is 4.27. The van der Waals surface area contributed by atoms with Crippen LogP contribution >= 0.6 is 12.2 Å². The molecule has 2 aromatic heterocycles. The molecule has 0 bridgehead atoms. The van der Waals surface area contributed by atoms with Crippen molar-refractivity contribution in [1.82, 2.24) is 24.8 Å². The molecule has 5 rings (SSSR count). The number of hydrogen-bond acceptors (Lipinski definition) is 6. The summed E-state index contributed by atoms with van der Waals surface area (Å²) < 4.78 is 15.6. The van der Waals surface area contributed by atoms with E-state index in [0.717, 1.165) is 61.6 Å². The second-order valence-corrected chi connectivity index (χ2v) is 9.65. The number of para-hydroxylation sites is 2. The van der Waals surface area contributed by atoms with Gasteiger partial charge in [0.25, 0.3) is 0 Å². The van der Waals surface area contributed by atoms with E-state index in [2.05, 4.69) is 36.5 Å². The van der Waals surface area contributed by atoms with Gasteiger partial charge in [-0.2, -0.15) is 0 Å². The Kier molecular flexibility index (Phi) is 7.76. The number of benzene rings is 2. The molecule has 0 atom stereocenters. The molecule has 4 aromatic rings. The molecule has 0 radical (unpaired) electrons. The van der Waals surface area contributed by atoms with Crippen LogP contribution in [0.1, 0.15) is 18.4 Å². The SMILES string of the molecule is Nc1ccncc1NC(=S)NCCN1CCC(Nc2nc3ccccc3n2Cc2ccc(F)cc2)CC1. The van der Waals surface area contributed by atoms with Crippen LogP contribution < -0.4 is 21.7 Å². The first kappa shape index (κ1) is 24.9. The monoisotopic (exact) mass is 518 g/mol. The summed E-state index contributed by atoms with van der Waals surface area (Å²) in [5.41, 5.74) is 10.3. The maximum atomic E-state index is 13.4. The van der Waals surface area contributed by atoms with Crippen LogP contribution in [0, 0.1) is 5.82 Å². The van der Waals surface area contributed by atoms with Gasteiger partial charge in [0, 0.05) is 38.4 Å². The van der Waals surface area contributed by atoms with Crippen molar-refractivity contribution < 1.29 is 4.39 Å². The molecule has 37 heavy (non-hydrogen) atoms. The molecular weight excluding hydrogens is 487 g/mol. The minimum atomic E-state index is -0.226. The van der Waals surface area contributed by atoms with Crippen LogP contribution in [0.25, 0.3) is 11.0 Å². The zero-order chi connectivity index (χ0) is 25.6. The third kappa shape index (κ3) is 6.33. The molecule has 192 valence electrons. The smallest absolute Gasteiger partial charge is 0.204 e. The number of piperidine rings is 1. The lowest BCUT2D eigenvalue weighted by molar-refractivity contribution is 0.222. The third-order valence-electron chi connectivity index (χ3n) is 6.65. The first-order valence-corrected chi connectivity index (χ1v) is 12.9. The number of nitrogen functional groups attached to an aromatic ring is 1. The first-order chi connectivity index (χ1) is 18.0. The van der Waals surface area contributed by atoms with E-state index in [1.165, 1.54) is 12.1 Å². The van der Waals surface area contributed by atoms with Gasteiger partial charge in [0.2, 0.25) is 5.95 Å². The lowest BCUT2D eigenvalue weighted by Gasteiger charge is -2.32. The van der Waals surface area contributed by atoms with Gasteiger partial charge in [-0.25, -0.2) is 9.37 Å². The summed E-state index contributed by atoms with van der Waals surface area (Å²) in [6, 6.07) is 16.9. The molecule has 0 amide bonds. The number of imidazole rings is 1. The fourth-order valence-electron chi connectivity index (χ4n) is 4.61. The number of likely N-dealkylation sites (tertiary alicyclic amines) is 1. The summed E-state index contributed by atoms with van der Waals surface area (Å²) in [4.78, 5) is 11.4. The van der Waals surface area contributed by atoms with Crippen LogP contribution in [0.15, 0.2) is 67.0 Å². The topological polar surface area (TPSA) is 96.1 Å². The molecule has 10 heteroatoms. The van der Waals surface area contributed by atoms with Crippen LogP contribution in [0.3, 0.4) is 0 Å². The van der Waals surface area contributed by atoms with Gasteiger partial charge in [0.1, 0.15) is 5.82 Å². The summed E-state index contributed by atoms with van der Waals surface area (Å²) in [6.07, 6.45) is 5.36. The number of nitrogens with one attached hydrogen (secondary N) is 3. The van der Waals surface area contributed by atoms with Crippen molar-refractivity contribution in [3.8, 4) is 0 Å². The zero-order valence-corrected chi connectivity index (χ0v) is 21.3. The Morgan fingerprint density at radius 1 is 1.08 bits per heavy atom. The molecule has 1 aliphatic heterocycles. The van der Waals surface area contributed by atoms with Gasteiger partial charge in [-0.3, -0.25) is 4.98 Å². The van der Waals surface area contributed by atoms with Gasteiger partial charge in [0.05, 0.1) is 35.1 Å². The largest absolute Gasteiger partial charge is 0.397 e. The Hall–Kier alpha value is -3.76. The predicted octanol–water partition coefficient (Wildman–Crippen LogP) is 4.06. The molecule has 1 fully saturated rings. The second-order valence-electron chi connectivity index (χ2n) is 9.24. The van der Waals surface area contributed by atoms with Gasteiger partial charge < -0.3 is 31.2 Å². The maximum Gasteiger partial charge on any atom is 0.204 e. The van der Waals surface area contributed by atoms with Crippen LogP contribution in [-0.2, 0) is 6.54 Å². The van der Waals surface area contributed by atoms with E-state index in [9.17, 15) is 4.39 Å². The quantitative estimate of drug-likeness (QED) is 0.260. The van der Waals surface area contributed by atoms with Gasteiger partial charge in [-0.15, -0.1) is 0 Å². The maximum absolute atomic E-state index is 13.4. The number of pyridine rings is 1. The molecule has 3 heterocycles. The van der Waals surface area contributed by atoms with Crippen molar-refractivity contribution in [2.24, 2.45) is 0 Å². The predicted molar refractivity (Wildman–Crippen MR) is 151 cm³/mol. The minimum absolute atomic E-state index is 0.226. The Morgan fingerprint density at radius 2 is 1.86 bits per heavy atom. The molecular formula is C27H31FN8S. The van der Waals surface area contributed by atoms with E-state index in [1.54, 1.807) is 18.5 Å². The highest BCUT2D eigenvalue weighted by Crippen LogP contribution is 2.24. The molecule has 1 saturated heterocycles. The number of halogens is 1. The average Bonchev–Trinajstić information content (AvgIpc) is 3.24. The standard InChI is InChI=1S/C27H31FN8S/c28-20-7-5-19(6-8-20)18-36-25-4-2-1-3-23(25)33-26(36)32-21-10-14-35(15-11-21)16-13-31-27(37)34-24-17-30-12-9-22(24)29/h1-9,12,17,21H,10-11,13-16,18H2,(H2,29,30)(H,32,33)(H2,31,34,37). The number of anilines is 3. The van der Waals surface area contributed by atoms with Crippen molar-refractivity contribution in [3.63, 3.8) is 0 Å². The number of aromatic nitrogens is 3. The molecule has 8 nitrogen and oxygen atoms in total. The lowest BCUT2D eigenvalue weighted by atomic mass is 10.1. The third-order valence-corrected chi connectivity index (χ3v) is 6.89. The Labute approximate surface area is 221 Å². The Balaban J connectivity index is 1.13. The normalized spacial score (nSPS) is 14.5. The summed E-state index contributed by atoms with van der Waals surface area (Å²) >= 11 is 5.38. The van der Waals surface area contributed by atoms with Crippen LogP contribution in [0.5, 0.6) is 0 Å². The first-order valence-electron chi connectivity index (χ1n) is 12.5. The summed E-state index contributed by atoms with van der Waals surface area (Å²) in [5.74, 6) is 0.632. The van der Waals surface area contributed by atoms with Gasteiger partial charge >= 0.3 is 0 Å². The number of fused-ring (bicyclic) bond motifs is 1. The number of hydrogen-bond donors (Lipinski definition) is 4. The number of rotatable bonds is 8. The molecule has 2 aromatic carbocycles. The lowest BCUT2D eigenvalue weighted by Crippen LogP contribution is -2.43. The number of thiocarbonyl (C=S) groups is 1. The van der Waals surface area contributed by atoms with Crippen molar-refractivity contribution in [2.75, 3.05) is 42.5 Å². The van der Waals surface area contributed by atoms with Crippen LogP contribution in [-0.4, -0.2) is 56.8 Å². The van der Waals surface area contributed by atoms with Crippen LogP contribution in [0.4, 0.5) is 21.7 Å². The highest BCUT2D eigenvalue weighted by atomic mass is 32.1. The highest BCUT2D eigenvalue weighted by molar-refractivity contribution is 7.80. The van der Waals surface area contributed by atoms with Gasteiger partial charge in [-0.1, -0.05) is 24.3 Å². The van der Waals surface area contributed by atoms with Crippen molar-refractivity contribution in [2.45, 2.75) is 25.4 Å². The van der Waals surface area contributed by atoms with Crippen molar-refractivity contribution in [1.29, 1.82) is 0 Å². The van der Waals surface area contributed by atoms with E-state index in [4.69, 9.17) is 22.9 Å². The van der Waals surface area contributed by atoms with E-state index in [-0.39, 0.29) is 5.82 Å². The average molecular weight is 519 g/mol. The summed E-state index contributed by atoms with van der Waals surface area (Å²) in [7, 11) is 0. The van der Waals surface area contributed by atoms with Crippen molar-refractivity contribution >= 4 is 45.7 Å². The van der Waals surface area contributed by atoms with E-state index < -0.39 is 0 Å². The van der Waals surface area contributed by atoms with Crippen LogP contribution in [0.2, 0.25) is 0 Å². The zero-order valence-electron chi connectivity index (χ0n) is 20.5. The summed E-state index contributed by atoms with van der Waals surface area (Å²) in [5, 5.41) is 10.6. The minimum Gasteiger partial charge on any atom is -0.397 e. The van der Waals surface area contributed by atoms with Gasteiger partial charge in [-0.05, 0) is 61.0 Å². The fourth-order valence-corrected chi connectivity index (χ4v) is 4.82. The molecule has 5 N–H and O–H groups in total. The molecule has 0 unspecified atom stereocenters. The molecule has 0 spiro atoms. The van der Waals surface area contributed by atoms with E-state index >= 15 is 0 Å². The Morgan fingerprint density at radius 3 is 2.65 bits per heavy atom.